The highest BCUT2D eigenvalue weighted by molar-refractivity contribution is 6.33. The monoisotopic (exact) mass is 509 g/mol. The quantitative estimate of drug-likeness (QED) is 0.302. The molecule has 2 saturated carbocycles. The molecule has 4 rings (SSSR count). The molecule has 0 radical (unpaired) electrons. The molecule has 1 aromatic rings. The Labute approximate surface area is 214 Å². The van der Waals surface area contributed by atoms with Gasteiger partial charge in [-0.25, -0.2) is 0 Å². The summed E-state index contributed by atoms with van der Waals surface area (Å²) in [5, 5.41) is 25.4. The Kier molecular flexibility index (Phi) is 6.19. The van der Waals surface area contributed by atoms with E-state index in [2.05, 4.69) is 17.2 Å². The molecule has 1 aromatic carbocycles. The molecule has 0 aliphatic heterocycles. The maximum Gasteiger partial charge on any atom is 0.235 e. The van der Waals surface area contributed by atoms with Crippen LogP contribution in [0.1, 0.15) is 41.8 Å². The van der Waals surface area contributed by atoms with E-state index in [4.69, 9.17) is 5.73 Å². The normalized spacial score (nSPS) is 34.8. The number of hydrogen-bond acceptors (Lipinski definition) is 9. The highest BCUT2D eigenvalue weighted by atomic mass is 16.3. The van der Waals surface area contributed by atoms with Crippen LogP contribution in [0.5, 0.6) is 5.75 Å². The number of phenols is 1. The van der Waals surface area contributed by atoms with Crippen molar-refractivity contribution >= 4 is 29.0 Å². The van der Waals surface area contributed by atoms with E-state index in [0.29, 0.717) is 17.7 Å². The van der Waals surface area contributed by atoms with Gasteiger partial charge in [0.2, 0.25) is 5.91 Å². The van der Waals surface area contributed by atoms with Crippen LogP contribution in [0.25, 0.3) is 0 Å². The number of fused-ring (bicyclic) bond motifs is 3. The number of carbonyl (C=O) groups excluding carboxylic acids is 5. The Morgan fingerprint density at radius 3 is 2.41 bits per heavy atom. The maximum absolute atomic E-state index is 14.1. The Morgan fingerprint density at radius 1 is 1.19 bits per heavy atom. The lowest BCUT2D eigenvalue weighted by Gasteiger charge is -2.61. The van der Waals surface area contributed by atoms with Crippen molar-refractivity contribution in [2.45, 2.75) is 38.3 Å². The third-order valence-electron chi connectivity index (χ3n) is 8.36. The van der Waals surface area contributed by atoms with Crippen LogP contribution >= 0.6 is 0 Å². The lowest BCUT2D eigenvalue weighted by molar-refractivity contribution is -0.203. The van der Waals surface area contributed by atoms with Gasteiger partial charge in [-0.2, -0.15) is 0 Å². The Hall–Kier alpha value is -3.39. The first-order chi connectivity index (χ1) is 17.2. The summed E-state index contributed by atoms with van der Waals surface area (Å²) in [4.78, 5) is 68.5. The largest absolute Gasteiger partial charge is 0.507 e. The number of nitrogens with zero attached hydrogens (tertiary/aromatic N) is 1. The summed E-state index contributed by atoms with van der Waals surface area (Å²) in [5.74, 6) is -3.07. The smallest absolute Gasteiger partial charge is 0.235 e. The number of benzene rings is 1. The molecule has 37 heavy (non-hydrogen) atoms. The number of carbonyl (C=O) groups is 5. The van der Waals surface area contributed by atoms with Gasteiger partial charge in [0.1, 0.15) is 5.75 Å². The zero-order valence-electron chi connectivity index (χ0n) is 21.5. The van der Waals surface area contributed by atoms with Gasteiger partial charge in [0.15, 0.2) is 34.7 Å². The maximum atomic E-state index is 14.1. The second-order valence-electron chi connectivity index (χ2n) is 11.1. The molecule has 0 aromatic heterocycles. The number of hydrogen-bond donors (Lipinski definition) is 4. The Bertz CT molecular complexity index is 1320. The number of amides is 1. The number of phenolic OH excluding ortho intramolecular Hbond substituents is 1. The Balaban J connectivity index is 1.96. The first-order valence-corrected chi connectivity index (χ1v) is 12.0. The molecule has 10 nitrogen and oxygen atoms in total. The van der Waals surface area contributed by atoms with Crippen LogP contribution in [0, 0.1) is 34.5 Å². The van der Waals surface area contributed by atoms with Crippen LogP contribution in [0.15, 0.2) is 12.1 Å². The van der Waals surface area contributed by atoms with E-state index in [9.17, 15) is 34.2 Å². The number of nitrogens with one attached hydrogen (secondary N) is 1. The second kappa shape index (κ2) is 8.58. The van der Waals surface area contributed by atoms with Crippen molar-refractivity contribution in [2.24, 2.45) is 28.4 Å². The lowest BCUT2D eigenvalue weighted by Crippen LogP contribution is -2.79. The van der Waals surface area contributed by atoms with Gasteiger partial charge < -0.3 is 21.3 Å². The van der Waals surface area contributed by atoms with E-state index in [1.807, 2.05) is 0 Å². The van der Waals surface area contributed by atoms with Crippen molar-refractivity contribution in [3.05, 3.63) is 28.8 Å². The van der Waals surface area contributed by atoms with Gasteiger partial charge in [-0.15, -0.1) is 0 Å². The van der Waals surface area contributed by atoms with Crippen LogP contribution in [0.2, 0.25) is 0 Å². The average Bonchev–Trinajstić information content (AvgIpc) is 2.77. The van der Waals surface area contributed by atoms with E-state index in [0.717, 1.165) is 0 Å². The summed E-state index contributed by atoms with van der Waals surface area (Å²) in [6.45, 7) is 3.57. The number of primary amides is 1. The summed E-state index contributed by atoms with van der Waals surface area (Å²) >= 11 is 0. The van der Waals surface area contributed by atoms with Crippen molar-refractivity contribution in [1.82, 2.24) is 10.2 Å². The van der Waals surface area contributed by atoms with Crippen molar-refractivity contribution in [2.75, 3.05) is 27.7 Å². The molecule has 2 fully saturated rings. The SMILES string of the molecule is CNCC#Cc1ccc(O)c2c1C[C@@]1(C)C[C@@]3(C)[C@H](N(C)C)C(=O)C(C(N)=O)C(=O)[C@@]3(O)C(=O)C1C2=O. The third-order valence-corrected chi connectivity index (χ3v) is 8.36. The molecular weight excluding hydrogens is 478 g/mol. The third kappa shape index (κ3) is 3.41. The number of rotatable bonds is 3. The van der Waals surface area contributed by atoms with Crippen molar-refractivity contribution in [3.63, 3.8) is 0 Å². The second-order valence-corrected chi connectivity index (χ2v) is 11.1. The van der Waals surface area contributed by atoms with Gasteiger partial charge in [0.25, 0.3) is 0 Å². The molecule has 1 amide bonds. The predicted molar refractivity (Wildman–Crippen MR) is 131 cm³/mol. The summed E-state index contributed by atoms with van der Waals surface area (Å²) in [7, 11) is 4.84. The molecule has 2 unspecified atom stereocenters. The van der Waals surface area contributed by atoms with E-state index < -0.39 is 63.3 Å². The number of aliphatic hydroxyl groups is 1. The highest BCUT2D eigenvalue weighted by Gasteiger charge is 2.76. The van der Waals surface area contributed by atoms with E-state index in [1.165, 1.54) is 17.9 Å². The molecule has 10 heteroatoms. The molecule has 3 aliphatic rings. The highest BCUT2D eigenvalue weighted by Crippen LogP contribution is 2.61. The molecular formula is C27H31N3O7. The zero-order chi connectivity index (χ0) is 27.7. The first-order valence-electron chi connectivity index (χ1n) is 12.0. The van der Waals surface area contributed by atoms with Gasteiger partial charge in [-0.1, -0.05) is 25.7 Å². The zero-order valence-corrected chi connectivity index (χ0v) is 21.5. The average molecular weight is 510 g/mol. The summed E-state index contributed by atoms with van der Waals surface area (Å²) in [6.07, 6.45) is 0.0683. The number of likely N-dealkylation sites (N-methyl/N-ethyl adjacent to an activating group) is 1. The van der Waals surface area contributed by atoms with Gasteiger partial charge in [0, 0.05) is 11.0 Å². The first kappa shape index (κ1) is 26.7. The molecule has 196 valence electrons. The molecule has 0 saturated heterocycles. The van der Waals surface area contributed by atoms with Crippen LogP contribution in [0.4, 0.5) is 0 Å². The molecule has 3 aliphatic carbocycles. The molecule has 0 heterocycles. The van der Waals surface area contributed by atoms with Crippen LogP contribution in [0.3, 0.4) is 0 Å². The van der Waals surface area contributed by atoms with Gasteiger partial charge in [-0.3, -0.25) is 28.9 Å². The van der Waals surface area contributed by atoms with Crippen molar-refractivity contribution in [1.29, 1.82) is 0 Å². The number of Topliss-reactive ketones (excluding diaryl/α,β-unsaturated/α-hetero) is 4. The molecule has 0 spiro atoms. The minimum Gasteiger partial charge on any atom is -0.507 e. The molecule has 6 atom stereocenters. The number of aromatic hydroxyl groups is 1. The minimum absolute atomic E-state index is 0.0665. The van der Waals surface area contributed by atoms with Gasteiger partial charge >= 0.3 is 0 Å². The number of ketones is 4. The fourth-order valence-electron chi connectivity index (χ4n) is 7.06. The standard InChI is InChI=1S/C27H31N3O7/c1-25-11-14-13(7-6-10-29-3)8-9-15(31)16(14)19(32)18(25)23(35)27(37)22(34)17(24(28)36)20(33)21(30(4)5)26(27,2)12-25/h8-9,17-18,21,29,31,37H,10-12H2,1-5H3,(H2,28,36)/t17?,18?,21-,25+,26+,27-/m1/s1. The summed E-state index contributed by atoms with van der Waals surface area (Å²) < 4.78 is 0. The number of nitrogens with two attached hydrogens (primary N) is 1. The minimum atomic E-state index is -2.81. The topological polar surface area (TPSA) is 167 Å². The van der Waals surface area contributed by atoms with E-state index in [-0.39, 0.29) is 24.2 Å². The fraction of sp³-hybridized carbons (Fsp3) is 0.519. The summed E-state index contributed by atoms with van der Waals surface area (Å²) in [5.41, 5.74) is 0.694. The van der Waals surface area contributed by atoms with E-state index >= 15 is 0 Å². The fourth-order valence-corrected chi connectivity index (χ4v) is 7.06. The summed E-state index contributed by atoms with van der Waals surface area (Å²) in [6, 6.07) is 1.72. The van der Waals surface area contributed by atoms with Gasteiger partial charge in [0.05, 0.1) is 24.1 Å². The van der Waals surface area contributed by atoms with Crippen LogP contribution < -0.4 is 11.1 Å². The van der Waals surface area contributed by atoms with Crippen molar-refractivity contribution in [3.8, 4) is 17.6 Å². The van der Waals surface area contributed by atoms with Crippen LogP contribution in [-0.4, -0.2) is 83.5 Å². The predicted octanol–water partition coefficient (Wildman–Crippen LogP) is -0.782. The Morgan fingerprint density at radius 2 is 1.84 bits per heavy atom. The molecule has 5 N–H and O–H groups in total. The molecule has 0 bridgehead atoms. The van der Waals surface area contributed by atoms with Gasteiger partial charge in [-0.05, 0) is 57.1 Å². The van der Waals surface area contributed by atoms with Crippen molar-refractivity contribution < 1.29 is 34.2 Å². The van der Waals surface area contributed by atoms with E-state index in [1.54, 1.807) is 34.1 Å². The lowest BCUT2D eigenvalue weighted by atomic mass is 9.42. The van der Waals surface area contributed by atoms with Crippen LogP contribution in [-0.2, 0) is 25.6 Å².